The largest absolute Gasteiger partial charge is 0.347 e. The Morgan fingerprint density at radius 3 is 2.26 bits per heavy atom. The van der Waals surface area contributed by atoms with Crippen molar-refractivity contribution in [2.45, 2.75) is 86.1 Å². The van der Waals surface area contributed by atoms with Crippen LogP contribution < -0.4 is 10.6 Å². The molecular weight excluding hydrogens is 613 g/mol. The zero-order valence-electron chi connectivity index (χ0n) is 24.0. The van der Waals surface area contributed by atoms with Gasteiger partial charge in [0.1, 0.15) is 6.04 Å². The van der Waals surface area contributed by atoms with Crippen LogP contribution >= 0.6 is 23.2 Å². The van der Waals surface area contributed by atoms with E-state index in [9.17, 15) is 27.6 Å². The molecule has 0 unspecified atom stereocenters. The number of halogens is 2. The second kappa shape index (κ2) is 12.3. The smallest absolute Gasteiger partial charge is 0.289 e. The Balaban J connectivity index is 1.49. The summed E-state index contributed by atoms with van der Waals surface area (Å²) in [7, 11) is -3.91. The fourth-order valence-corrected chi connectivity index (χ4v) is 8.02. The Bertz CT molecular complexity index is 1540. The van der Waals surface area contributed by atoms with Crippen LogP contribution in [0.15, 0.2) is 53.4 Å². The fourth-order valence-electron chi connectivity index (χ4n) is 5.71. The molecule has 1 heterocycles. The van der Waals surface area contributed by atoms with E-state index in [2.05, 4.69) is 10.6 Å². The van der Waals surface area contributed by atoms with Crippen molar-refractivity contribution < 1.29 is 27.6 Å². The van der Waals surface area contributed by atoms with Gasteiger partial charge >= 0.3 is 0 Å². The Hall–Kier alpha value is -2.79. The maximum absolute atomic E-state index is 14.5. The first-order valence-electron chi connectivity index (χ1n) is 14.5. The first-order chi connectivity index (χ1) is 20.3. The second-order valence-electron chi connectivity index (χ2n) is 12.2. The van der Waals surface area contributed by atoms with E-state index in [4.69, 9.17) is 23.2 Å². The lowest BCUT2D eigenvalue weighted by Crippen LogP contribution is -2.59. The van der Waals surface area contributed by atoms with Crippen molar-refractivity contribution in [2.24, 2.45) is 5.92 Å². The van der Waals surface area contributed by atoms with Crippen LogP contribution in [0.25, 0.3) is 0 Å². The molecule has 0 spiro atoms. The molecule has 5 rings (SSSR count). The van der Waals surface area contributed by atoms with Crippen LogP contribution in [0, 0.1) is 5.92 Å². The number of Topliss-reactive ketones (excluding diaryl/α,β-unsaturated/α-hetero) is 1. The van der Waals surface area contributed by atoms with Crippen LogP contribution in [0.3, 0.4) is 0 Å². The molecule has 3 atom stereocenters. The topological polar surface area (TPSA) is 130 Å². The quantitative estimate of drug-likeness (QED) is 0.280. The third-order valence-corrected chi connectivity index (χ3v) is 11.3. The molecule has 12 heteroatoms. The molecule has 2 N–H and O–H groups in total. The van der Waals surface area contributed by atoms with E-state index in [0.717, 1.165) is 17.7 Å². The molecule has 1 aliphatic heterocycles. The predicted molar refractivity (Wildman–Crippen MR) is 162 cm³/mol. The molecule has 9 nitrogen and oxygen atoms in total. The zero-order chi connectivity index (χ0) is 31.1. The number of amides is 3. The minimum absolute atomic E-state index is 0.0335. The summed E-state index contributed by atoms with van der Waals surface area (Å²) in [6, 6.07) is 10.4. The Kier molecular flexibility index (Phi) is 9.05. The molecule has 43 heavy (non-hydrogen) atoms. The van der Waals surface area contributed by atoms with Gasteiger partial charge in [-0.05, 0) is 74.3 Å². The van der Waals surface area contributed by atoms with Crippen molar-refractivity contribution in [3.8, 4) is 0 Å². The number of ketones is 1. The van der Waals surface area contributed by atoms with Gasteiger partial charge < -0.3 is 10.6 Å². The molecule has 3 fully saturated rings. The van der Waals surface area contributed by atoms with Crippen molar-refractivity contribution in [1.82, 2.24) is 15.5 Å². The number of carbonyl (C=O) groups excluding carboxylic acids is 4. The number of nitrogens with one attached hydrogen (secondary N) is 2. The maximum atomic E-state index is 14.5. The highest BCUT2D eigenvalue weighted by atomic mass is 35.5. The molecular formula is C31H35Cl2N3O6S. The number of carbonyl (C=O) groups is 4. The van der Waals surface area contributed by atoms with E-state index in [-0.39, 0.29) is 41.3 Å². The summed E-state index contributed by atoms with van der Waals surface area (Å²) in [5.74, 6) is -3.11. The Morgan fingerprint density at radius 2 is 1.67 bits per heavy atom. The molecule has 2 saturated carbocycles. The highest BCUT2D eigenvalue weighted by molar-refractivity contribution is 7.92. The third kappa shape index (κ3) is 6.53. The summed E-state index contributed by atoms with van der Waals surface area (Å²) in [5.41, 5.74) is -0.388. The van der Waals surface area contributed by atoms with Crippen LogP contribution in [0.2, 0.25) is 10.0 Å². The minimum Gasteiger partial charge on any atom is -0.347 e. The van der Waals surface area contributed by atoms with E-state index in [0.29, 0.717) is 23.4 Å². The molecule has 2 aromatic carbocycles. The molecule has 0 aromatic heterocycles. The van der Waals surface area contributed by atoms with Crippen molar-refractivity contribution in [3.05, 3.63) is 64.1 Å². The van der Waals surface area contributed by atoms with Crippen molar-refractivity contribution >= 4 is 56.5 Å². The lowest BCUT2D eigenvalue weighted by atomic mass is 9.90. The molecule has 0 bridgehead atoms. The zero-order valence-corrected chi connectivity index (χ0v) is 26.3. The average Bonchev–Trinajstić information content (AvgIpc) is 3.90. The highest BCUT2D eigenvalue weighted by Gasteiger charge is 2.57. The highest BCUT2D eigenvalue weighted by Crippen LogP contribution is 2.50. The summed E-state index contributed by atoms with van der Waals surface area (Å²) < 4.78 is 26.9. The Labute approximate surface area is 261 Å². The van der Waals surface area contributed by atoms with Crippen LogP contribution in [0.5, 0.6) is 0 Å². The molecule has 2 aliphatic carbocycles. The van der Waals surface area contributed by atoms with Crippen molar-refractivity contribution in [1.29, 1.82) is 0 Å². The fraction of sp³-hybridized carbons (Fsp3) is 0.484. The summed E-state index contributed by atoms with van der Waals surface area (Å²) in [6.45, 7) is 3.65. The minimum atomic E-state index is -3.91. The van der Waals surface area contributed by atoms with Crippen molar-refractivity contribution in [3.63, 3.8) is 0 Å². The van der Waals surface area contributed by atoms with Crippen LogP contribution in [0.1, 0.15) is 57.9 Å². The van der Waals surface area contributed by atoms with E-state index in [1.165, 1.54) is 12.1 Å². The standard InChI is InChI=1S/C31H35Cl2N3O6S/c1-18(2)15-25(27(37)28(38)35-21-11-12-21)36(30(40)31(13-14-31)19-7-9-20(32)10-8-19)29(39)24-16-22(17-34-24)43(41,42)26-6-4-3-5-23(26)33/h3-10,18,21-22,24-25,34H,11-17H2,1-2H3,(H,35,38)/t22-,24+,25+/m1/s1. The number of hydrogen-bond donors (Lipinski definition) is 2. The molecule has 2 aromatic rings. The van der Waals surface area contributed by atoms with E-state index in [1.54, 1.807) is 36.4 Å². The number of hydrogen-bond acceptors (Lipinski definition) is 7. The lowest BCUT2D eigenvalue weighted by Gasteiger charge is -2.34. The second-order valence-corrected chi connectivity index (χ2v) is 15.2. The number of imide groups is 1. The van der Waals surface area contributed by atoms with Gasteiger partial charge in [-0.3, -0.25) is 24.1 Å². The average molecular weight is 649 g/mol. The number of nitrogens with zero attached hydrogens (tertiary/aromatic N) is 1. The van der Waals surface area contributed by atoms with Crippen LogP contribution in [0.4, 0.5) is 0 Å². The first-order valence-corrected chi connectivity index (χ1v) is 16.9. The van der Waals surface area contributed by atoms with Gasteiger partial charge in [0.15, 0.2) is 9.84 Å². The van der Waals surface area contributed by atoms with Crippen LogP contribution in [-0.4, -0.2) is 66.7 Å². The van der Waals surface area contributed by atoms with Gasteiger partial charge in [0, 0.05) is 17.6 Å². The molecule has 0 radical (unpaired) electrons. The molecule has 1 saturated heterocycles. The van der Waals surface area contributed by atoms with E-state index in [1.807, 2.05) is 13.8 Å². The van der Waals surface area contributed by atoms with Gasteiger partial charge in [0.2, 0.25) is 17.6 Å². The summed E-state index contributed by atoms with van der Waals surface area (Å²) in [5, 5.41) is 5.26. The van der Waals surface area contributed by atoms with Gasteiger partial charge in [0.05, 0.1) is 26.6 Å². The van der Waals surface area contributed by atoms with Gasteiger partial charge in [-0.2, -0.15) is 0 Å². The number of rotatable bonds is 11. The third-order valence-electron chi connectivity index (χ3n) is 8.43. The maximum Gasteiger partial charge on any atom is 0.289 e. The number of benzene rings is 2. The number of sulfone groups is 1. The summed E-state index contributed by atoms with van der Waals surface area (Å²) in [6.07, 6.45) is 2.40. The summed E-state index contributed by atoms with van der Waals surface area (Å²) >= 11 is 12.3. The molecule has 3 amide bonds. The normalized spacial score (nSPS) is 21.7. The monoisotopic (exact) mass is 647 g/mol. The van der Waals surface area contributed by atoms with Crippen LogP contribution in [-0.2, 0) is 34.4 Å². The van der Waals surface area contributed by atoms with E-state index < -0.39 is 56.1 Å². The SMILES string of the molecule is CC(C)C[C@@H](C(=O)C(=O)NC1CC1)N(C(=O)[C@@H]1C[C@@H](S(=O)(=O)c2ccccc2Cl)CN1)C(=O)C1(c2ccc(Cl)cc2)CC1. The Morgan fingerprint density at radius 1 is 1.02 bits per heavy atom. The molecule has 230 valence electrons. The van der Waals surface area contributed by atoms with Gasteiger partial charge in [-0.15, -0.1) is 0 Å². The molecule has 3 aliphatic rings. The first kappa shape index (κ1) is 31.6. The van der Waals surface area contributed by atoms with Gasteiger partial charge in [0.25, 0.3) is 5.91 Å². The van der Waals surface area contributed by atoms with E-state index >= 15 is 0 Å². The lowest BCUT2D eigenvalue weighted by molar-refractivity contribution is -0.156. The predicted octanol–water partition coefficient (Wildman–Crippen LogP) is 3.85. The summed E-state index contributed by atoms with van der Waals surface area (Å²) in [4.78, 5) is 56.4. The van der Waals surface area contributed by atoms with Gasteiger partial charge in [-0.25, -0.2) is 8.42 Å². The van der Waals surface area contributed by atoms with Crippen molar-refractivity contribution in [2.75, 3.05) is 6.54 Å². The van der Waals surface area contributed by atoms with Gasteiger partial charge in [-0.1, -0.05) is 61.3 Å².